The van der Waals surface area contributed by atoms with E-state index in [0.29, 0.717) is 0 Å². The molecular weight excluding hydrogens is 224 g/mol. The Balaban J connectivity index is 2.86. The lowest BCUT2D eigenvalue weighted by atomic mass is 9.92. The van der Waals surface area contributed by atoms with Gasteiger partial charge >= 0.3 is 5.97 Å². The van der Waals surface area contributed by atoms with Crippen LogP contribution in [0.25, 0.3) is 0 Å². The molecule has 0 aromatic heterocycles. The predicted molar refractivity (Wildman–Crippen MR) is 59.7 cm³/mol. The molecule has 2 N–H and O–H groups in total. The number of esters is 1. The van der Waals surface area contributed by atoms with Gasteiger partial charge in [-0.2, -0.15) is 0 Å². The number of hydrogen-bond acceptors (Lipinski definition) is 5. The summed E-state index contributed by atoms with van der Waals surface area (Å²) in [5.74, 6) is -1.26. The van der Waals surface area contributed by atoms with Gasteiger partial charge < -0.3 is 10.5 Å². The molecule has 1 saturated heterocycles. The van der Waals surface area contributed by atoms with Gasteiger partial charge in [0.2, 0.25) is 11.8 Å². The molecule has 2 amide bonds. The standard InChI is InChI=1S/C11H18N2O4/c1-10(2)5-7(14)13(8(10)15)6-11(3,12)9(16)17-4/h5-6,12H2,1-4H3. The Morgan fingerprint density at radius 3 is 2.41 bits per heavy atom. The van der Waals surface area contributed by atoms with Gasteiger partial charge in [0.1, 0.15) is 5.54 Å². The maximum atomic E-state index is 11.9. The van der Waals surface area contributed by atoms with Crippen LogP contribution in [-0.2, 0) is 19.1 Å². The molecule has 1 fully saturated rings. The first-order valence-electron chi connectivity index (χ1n) is 5.34. The first-order chi connectivity index (χ1) is 7.62. The summed E-state index contributed by atoms with van der Waals surface area (Å²) in [6.45, 7) is 4.67. The summed E-state index contributed by atoms with van der Waals surface area (Å²) >= 11 is 0. The summed E-state index contributed by atoms with van der Waals surface area (Å²) in [6.07, 6.45) is 0.142. The fraction of sp³-hybridized carbons (Fsp3) is 0.727. The number of nitrogens with zero attached hydrogens (tertiary/aromatic N) is 1. The van der Waals surface area contributed by atoms with Crippen LogP contribution < -0.4 is 5.73 Å². The minimum Gasteiger partial charge on any atom is -0.468 e. The highest BCUT2D eigenvalue weighted by molar-refractivity contribution is 6.06. The molecular formula is C11H18N2O4. The van der Waals surface area contributed by atoms with Crippen molar-refractivity contribution >= 4 is 17.8 Å². The number of ether oxygens (including phenoxy) is 1. The lowest BCUT2D eigenvalue weighted by Gasteiger charge is -2.27. The average Bonchev–Trinajstić information content (AvgIpc) is 2.39. The van der Waals surface area contributed by atoms with Crippen LogP contribution >= 0.6 is 0 Å². The zero-order valence-corrected chi connectivity index (χ0v) is 10.6. The van der Waals surface area contributed by atoms with E-state index in [1.165, 1.54) is 14.0 Å². The summed E-state index contributed by atoms with van der Waals surface area (Å²) in [5, 5.41) is 0. The molecule has 6 nitrogen and oxygen atoms in total. The summed E-state index contributed by atoms with van der Waals surface area (Å²) in [6, 6.07) is 0. The van der Waals surface area contributed by atoms with E-state index in [9.17, 15) is 14.4 Å². The summed E-state index contributed by atoms with van der Waals surface area (Å²) in [4.78, 5) is 36.0. The third-order valence-electron chi connectivity index (χ3n) is 2.86. The van der Waals surface area contributed by atoms with Crippen LogP contribution in [-0.4, -0.2) is 41.9 Å². The van der Waals surface area contributed by atoms with Crippen LogP contribution in [0.5, 0.6) is 0 Å². The van der Waals surface area contributed by atoms with Crippen LogP contribution in [0.2, 0.25) is 0 Å². The minimum absolute atomic E-state index is 0.142. The molecule has 96 valence electrons. The van der Waals surface area contributed by atoms with Crippen molar-refractivity contribution in [2.24, 2.45) is 11.1 Å². The van der Waals surface area contributed by atoms with E-state index in [1.807, 2.05) is 0 Å². The van der Waals surface area contributed by atoms with E-state index >= 15 is 0 Å². The fourth-order valence-corrected chi connectivity index (χ4v) is 1.81. The molecule has 0 radical (unpaired) electrons. The Hall–Kier alpha value is -1.43. The second kappa shape index (κ2) is 4.10. The summed E-state index contributed by atoms with van der Waals surface area (Å²) in [5.41, 5.74) is 3.65. The lowest BCUT2D eigenvalue weighted by Crippen LogP contribution is -2.55. The van der Waals surface area contributed by atoms with Crippen LogP contribution in [0, 0.1) is 5.41 Å². The SMILES string of the molecule is COC(=O)C(C)(N)CN1C(=O)CC(C)(C)C1=O. The molecule has 0 aliphatic carbocycles. The number of methoxy groups -OCH3 is 1. The van der Waals surface area contributed by atoms with Crippen LogP contribution in [0.4, 0.5) is 0 Å². The van der Waals surface area contributed by atoms with Gasteiger partial charge in [-0.1, -0.05) is 13.8 Å². The molecule has 1 unspecified atom stereocenters. The van der Waals surface area contributed by atoms with Gasteiger partial charge in [0.05, 0.1) is 19.1 Å². The van der Waals surface area contributed by atoms with Gasteiger partial charge in [-0.05, 0) is 6.92 Å². The Kier molecular flexibility index (Phi) is 3.29. The maximum Gasteiger partial charge on any atom is 0.327 e. The molecule has 0 saturated carbocycles. The fourth-order valence-electron chi connectivity index (χ4n) is 1.81. The lowest BCUT2D eigenvalue weighted by molar-refractivity contribution is -0.149. The highest BCUT2D eigenvalue weighted by atomic mass is 16.5. The quantitative estimate of drug-likeness (QED) is 0.540. The molecule has 6 heteroatoms. The van der Waals surface area contributed by atoms with Crippen LogP contribution in [0.15, 0.2) is 0 Å². The Labute approximate surface area is 100 Å². The monoisotopic (exact) mass is 242 g/mol. The Morgan fingerprint density at radius 1 is 1.53 bits per heavy atom. The first kappa shape index (κ1) is 13.6. The number of carbonyl (C=O) groups is 3. The Bertz CT molecular complexity index is 374. The van der Waals surface area contributed by atoms with Crippen molar-refractivity contribution < 1.29 is 19.1 Å². The normalized spacial score (nSPS) is 22.5. The molecule has 0 spiro atoms. The van der Waals surface area contributed by atoms with E-state index in [1.54, 1.807) is 13.8 Å². The minimum atomic E-state index is -1.37. The van der Waals surface area contributed by atoms with Crippen molar-refractivity contribution in [3.05, 3.63) is 0 Å². The number of imide groups is 1. The number of amides is 2. The highest BCUT2D eigenvalue weighted by Crippen LogP contribution is 2.32. The number of carbonyl (C=O) groups excluding carboxylic acids is 3. The summed E-state index contributed by atoms with van der Waals surface area (Å²) < 4.78 is 4.53. The van der Waals surface area contributed by atoms with Crippen molar-refractivity contribution in [2.75, 3.05) is 13.7 Å². The average molecular weight is 242 g/mol. The van der Waals surface area contributed by atoms with Gasteiger partial charge in [-0.25, -0.2) is 0 Å². The van der Waals surface area contributed by atoms with Crippen molar-refractivity contribution in [3.8, 4) is 0 Å². The molecule has 0 aromatic carbocycles. The van der Waals surface area contributed by atoms with E-state index in [2.05, 4.69) is 4.74 Å². The Morgan fingerprint density at radius 2 is 2.06 bits per heavy atom. The predicted octanol–water partition coefficient (Wildman–Crippen LogP) is -0.338. The van der Waals surface area contributed by atoms with E-state index in [-0.39, 0.29) is 24.8 Å². The zero-order valence-electron chi connectivity index (χ0n) is 10.6. The highest BCUT2D eigenvalue weighted by Gasteiger charge is 2.47. The molecule has 0 bridgehead atoms. The van der Waals surface area contributed by atoms with E-state index in [0.717, 1.165) is 4.90 Å². The molecule has 1 heterocycles. The smallest absolute Gasteiger partial charge is 0.327 e. The van der Waals surface area contributed by atoms with Crippen LogP contribution in [0.1, 0.15) is 27.2 Å². The van der Waals surface area contributed by atoms with Gasteiger partial charge in [0, 0.05) is 6.42 Å². The van der Waals surface area contributed by atoms with Crippen molar-refractivity contribution in [3.63, 3.8) is 0 Å². The van der Waals surface area contributed by atoms with Gasteiger partial charge in [0.25, 0.3) is 0 Å². The zero-order chi connectivity index (χ0) is 13.4. The summed E-state index contributed by atoms with van der Waals surface area (Å²) in [7, 11) is 1.21. The molecule has 1 atom stereocenters. The topological polar surface area (TPSA) is 89.7 Å². The van der Waals surface area contributed by atoms with Gasteiger partial charge in [-0.15, -0.1) is 0 Å². The molecule has 0 aromatic rings. The van der Waals surface area contributed by atoms with Crippen LogP contribution in [0.3, 0.4) is 0 Å². The second-order valence-electron chi connectivity index (χ2n) is 5.25. The third kappa shape index (κ3) is 2.46. The van der Waals surface area contributed by atoms with E-state index in [4.69, 9.17) is 5.73 Å². The number of rotatable bonds is 3. The number of likely N-dealkylation sites (tertiary alicyclic amines) is 1. The van der Waals surface area contributed by atoms with Crippen molar-refractivity contribution in [1.29, 1.82) is 0 Å². The molecule has 1 rings (SSSR count). The van der Waals surface area contributed by atoms with Gasteiger partial charge in [-0.3, -0.25) is 19.3 Å². The maximum absolute atomic E-state index is 11.9. The number of nitrogens with two attached hydrogens (primary N) is 1. The first-order valence-corrected chi connectivity index (χ1v) is 5.34. The van der Waals surface area contributed by atoms with Crippen molar-refractivity contribution in [2.45, 2.75) is 32.7 Å². The second-order valence-corrected chi connectivity index (χ2v) is 5.25. The largest absolute Gasteiger partial charge is 0.468 e. The third-order valence-corrected chi connectivity index (χ3v) is 2.86. The molecule has 1 aliphatic rings. The van der Waals surface area contributed by atoms with E-state index < -0.39 is 16.9 Å². The molecule has 1 aliphatic heterocycles. The molecule has 17 heavy (non-hydrogen) atoms. The van der Waals surface area contributed by atoms with Crippen molar-refractivity contribution in [1.82, 2.24) is 4.90 Å². The van der Waals surface area contributed by atoms with Gasteiger partial charge in [0.15, 0.2) is 0 Å². The number of hydrogen-bond donors (Lipinski definition) is 1.